The number of nitrogens with one attached hydrogen (secondary N) is 1. The van der Waals surface area contributed by atoms with Crippen LogP contribution < -0.4 is 5.32 Å². The second-order valence-corrected chi connectivity index (χ2v) is 7.39. The van der Waals surface area contributed by atoms with Crippen LogP contribution in [-0.2, 0) is 9.84 Å². The number of rotatable bonds is 1. The number of fused-ring (bicyclic) bond motifs is 2. The molecule has 0 radical (unpaired) electrons. The molecule has 0 aromatic heterocycles. The van der Waals surface area contributed by atoms with Gasteiger partial charge in [0.25, 0.3) is 5.91 Å². The van der Waals surface area contributed by atoms with Crippen LogP contribution in [-0.4, -0.2) is 14.3 Å². The van der Waals surface area contributed by atoms with Crippen LogP contribution in [0.4, 0.5) is 10.1 Å². The predicted octanol–water partition coefficient (Wildman–Crippen LogP) is 3.35. The molecule has 0 atom stereocenters. The Morgan fingerprint density at radius 2 is 1.77 bits per heavy atom. The highest BCUT2D eigenvalue weighted by molar-refractivity contribution is 7.91. The first-order chi connectivity index (χ1) is 10.3. The van der Waals surface area contributed by atoms with Crippen LogP contribution in [0.25, 0.3) is 0 Å². The van der Waals surface area contributed by atoms with E-state index in [0.717, 1.165) is 17.7 Å². The minimum atomic E-state index is -3.96. The maximum absolute atomic E-state index is 13.4. The molecule has 114 valence electrons. The van der Waals surface area contributed by atoms with Crippen molar-refractivity contribution in [3.8, 4) is 0 Å². The normalized spacial score (nSPS) is 15.7. The number of hydrogen-bond acceptors (Lipinski definition) is 3. The van der Waals surface area contributed by atoms with E-state index in [1.807, 2.05) is 13.8 Å². The molecule has 1 amide bonds. The number of carbonyl (C=O) groups excluding carboxylic acids is 1. The summed E-state index contributed by atoms with van der Waals surface area (Å²) in [5.74, 6) is -1.02. The summed E-state index contributed by atoms with van der Waals surface area (Å²) >= 11 is 0. The molecule has 1 aliphatic rings. The number of anilines is 1. The number of hydrogen-bond donors (Lipinski definition) is 1. The minimum Gasteiger partial charge on any atom is -0.321 e. The van der Waals surface area contributed by atoms with E-state index in [1.165, 1.54) is 12.1 Å². The number of sulfone groups is 1. The van der Waals surface area contributed by atoms with E-state index in [1.54, 1.807) is 12.1 Å². The first-order valence-corrected chi connectivity index (χ1v) is 8.29. The molecule has 1 heterocycles. The molecule has 0 aliphatic carbocycles. The Labute approximate surface area is 127 Å². The Balaban J connectivity index is 2.33. The first kappa shape index (κ1) is 14.7. The van der Waals surface area contributed by atoms with Gasteiger partial charge in [0.05, 0.1) is 21.0 Å². The smallest absolute Gasteiger partial charge is 0.257 e. The zero-order valence-corrected chi connectivity index (χ0v) is 12.9. The monoisotopic (exact) mass is 319 g/mol. The predicted molar refractivity (Wildman–Crippen MR) is 80.3 cm³/mol. The lowest BCUT2D eigenvalue weighted by Gasteiger charge is -2.10. The van der Waals surface area contributed by atoms with Gasteiger partial charge in [-0.15, -0.1) is 0 Å². The van der Waals surface area contributed by atoms with Gasteiger partial charge in [-0.1, -0.05) is 19.9 Å². The van der Waals surface area contributed by atoms with E-state index in [2.05, 4.69) is 5.32 Å². The third-order valence-electron chi connectivity index (χ3n) is 3.69. The van der Waals surface area contributed by atoms with Crippen molar-refractivity contribution in [3.63, 3.8) is 0 Å². The van der Waals surface area contributed by atoms with Crippen LogP contribution >= 0.6 is 0 Å². The fourth-order valence-corrected chi connectivity index (χ4v) is 4.05. The molecule has 2 aromatic carbocycles. The summed E-state index contributed by atoms with van der Waals surface area (Å²) in [7, 11) is -3.96. The quantitative estimate of drug-likeness (QED) is 0.877. The zero-order valence-electron chi connectivity index (χ0n) is 12.1. The molecule has 0 unspecified atom stereocenters. The van der Waals surface area contributed by atoms with Gasteiger partial charge in [0.2, 0.25) is 9.84 Å². The summed E-state index contributed by atoms with van der Waals surface area (Å²) in [5.41, 5.74) is 1.04. The van der Waals surface area contributed by atoms with Gasteiger partial charge >= 0.3 is 0 Å². The van der Waals surface area contributed by atoms with Gasteiger partial charge in [-0.2, -0.15) is 0 Å². The average Bonchev–Trinajstić information content (AvgIpc) is 2.54. The Hall–Kier alpha value is -2.21. The molecule has 0 bridgehead atoms. The van der Waals surface area contributed by atoms with Crippen LogP contribution in [0.15, 0.2) is 46.2 Å². The highest BCUT2D eigenvalue weighted by Crippen LogP contribution is 2.35. The van der Waals surface area contributed by atoms with Crippen LogP contribution in [0, 0.1) is 5.82 Å². The third-order valence-corrected chi connectivity index (χ3v) is 5.54. The van der Waals surface area contributed by atoms with E-state index < -0.39 is 21.6 Å². The average molecular weight is 319 g/mol. The summed E-state index contributed by atoms with van der Waals surface area (Å²) in [6.45, 7) is 3.91. The number of halogens is 1. The van der Waals surface area contributed by atoms with Crippen molar-refractivity contribution in [1.29, 1.82) is 0 Å². The van der Waals surface area contributed by atoms with Crippen LogP contribution in [0.3, 0.4) is 0 Å². The molecule has 22 heavy (non-hydrogen) atoms. The lowest BCUT2D eigenvalue weighted by atomic mass is 10.0. The molecule has 1 N–H and O–H groups in total. The Morgan fingerprint density at radius 1 is 1.05 bits per heavy atom. The maximum atomic E-state index is 13.4. The van der Waals surface area contributed by atoms with Crippen molar-refractivity contribution >= 4 is 21.4 Å². The second kappa shape index (κ2) is 4.91. The van der Waals surface area contributed by atoms with E-state index in [4.69, 9.17) is 0 Å². The lowest BCUT2D eigenvalue weighted by molar-refractivity contribution is 0.102. The van der Waals surface area contributed by atoms with Gasteiger partial charge in [-0.25, -0.2) is 12.8 Å². The van der Waals surface area contributed by atoms with Crippen molar-refractivity contribution in [3.05, 3.63) is 53.3 Å². The summed E-state index contributed by atoms with van der Waals surface area (Å²) in [4.78, 5) is 12.0. The maximum Gasteiger partial charge on any atom is 0.257 e. The van der Waals surface area contributed by atoms with Crippen LogP contribution in [0.5, 0.6) is 0 Å². The van der Waals surface area contributed by atoms with Gasteiger partial charge in [-0.05, 0) is 41.8 Å². The van der Waals surface area contributed by atoms with Crippen molar-refractivity contribution in [2.45, 2.75) is 29.6 Å². The van der Waals surface area contributed by atoms with Gasteiger partial charge in [0.1, 0.15) is 5.82 Å². The third kappa shape index (κ3) is 2.20. The molecule has 3 rings (SSSR count). The highest BCUT2D eigenvalue weighted by Gasteiger charge is 2.31. The van der Waals surface area contributed by atoms with E-state index in [-0.39, 0.29) is 27.0 Å². The Bertz CT molecular complexity index is 888. The fourth-order valence-electron chi connectivity index (χ4n) is 2.45. The molecule has 0 spiro atoms. The molecular formula is C16H14FNO3S. The van der Waals surface area contributed by atoms with Crippen LogP contribution in [0.1, 0.15) is 35.7 Å². The van der Waals surface area contributed by atoms with Crippen molar-refractivity contribution < 1.29 is 17.6 Å². The molecule has 2 aromatic rings. The highest BCUT2D eigenvalue weighted by atomic mass is 32.2. The summed E-state index contributed by atoms with van der Waals surface area (Å²) in [5, 5.41) is 2.54. The molecule has 4 nitrogen and oxygen atoms in total. The van der Waals surface area contributed by atoms with E-state index in [0.29, 0.717) is 0 Å². The van der Waals surface area contributed by atoms with Crippen molar-refractivity contribution in [2.75, 3.05) is 5.32 Å². The summed E-state index contributed by atoms with van der Waals surface area (Å²) < 4.78 is 38.9. The number of amides is 1. The summed E-state index contributed by atoms with van der Waals surface area (Å²) in [6, 6.07) is 7.98. The molecule has 1 aliphatic heterocycles. The largest absolute Gasteiger partial charge is 0.321 e. The number of carbonyl (C=O) groups is 1. The standard InChI is InChI=1S/C16H14FNO3S/c1-9(2)10-3-6-14-12(7-10)16(19)18-13-5-4-11(17)8-15(13)22(14,20)21/h3-9H,1-2H3,(H,18,19). The first-order valence-electron chi connectivity index (χ1n) is 6.80. The van der Waals surface area contributed by atoms with Crippen molar-refractivity contribution in [1.82, 2.24) is 0 Å². The second-order valence-electron chi connectivity index (χ2n) is 5.51. The summed E-state index contributed by atoms with van der Waals surface area (Å²) in [6.07, 6.45) is 0. The van der Waals surface area contributed by atoms with Gasteiger partial charge in [0, 0.05) is 0 Å². The molecule has 0 fully saturated rings. The minimum absolute atomic E-state index is 0.0859. The SMILES string of the molecule is CC(C)c1ccc2c(c1)C(=O)Nc1ccc(F)cc1S2(=O)=O. The lowest BCUT2D eigenvalue weighted by Crippen LogP contribution is -2.12. The van der Waals surface area contributed by atoms with Gasteiger partial charge in [-0.3, -0.25) is 4.79 Å². The topological polar surface area (TPSA) is 63.2 Å². The molecular weight excluding hydrogens is 305 g/mol. The zero-order chi connectivity index (χ0) is 16.1. The van der Waals surface area contributed by atoms with Crippen LogP contribution in [0.2, 0.25) is 0 Å². The number of benzene rings is 2. The fraction of sp³-hybridized carbons (Fsp3) is 0.188. The Morgan fingerprint density at radius 3 is 2.45 bits per heavy atom. The van der Waals surface area contributed by atoms with E-state index >= 15 is 0 Å². The van der Waals surface area contributed by atoms with Gasteiger partial charge in [0.15, 0.2) is 0 Å². The van der Waals surface area contributed by atoms with Crippen molar-refractivity contribution in [2.24, 2.45) is 0 Å². The van der Waals surface area contributed by atoms with Gasteiger partial charge < -0.3 is 5.32 Å². The molecule has 0 saturated heterocycles. The molecule has 6 heteroatoms. The Kier molecular flexibility index (Phi) is 3.29. The molecule has 0 saturated carbocycles. The van der Waals surface area contributed by atoms with E-state index in [9.17, 15) is 17.6 Å².